The van der Waals surface area contributed by atoms with Crippen LogP contribution in [-0.2, 0) is 11.2 Å². The Balaban J connectivity index is 1.72. The summed E-state index contributed by atoms with van der Waals surface area (Å²) in [6.45, 7) is 0. The Morgan fingerprint density at radius 1 is 1.04 bits per heavy atom. The van der Waals surface area contributed by atoms with Crippen molar-refractivity contribution in [2.75, 3.05) is 14.2 Å². The molecule has 26 heavy (non-hydrogen) atoms. The number of carbonyl (C=O) groups is 1. The van der Waals surface area contributed by atoms with Gasteiger partial charge in [-0.05, 0) is 47.9 Å². The Morgan fingerprint density at radius 3 is 2.46 bits per heavy atom. The van der Waals surface area contributed by atoms with Crippen LogP contribution in [0.4, 0.5) is 0 Å². The molecule has 0 aliphatic carbocycles. The van der Waals surface area contributed by atoms with Crippen LogP contribution in [-0.4, -0.2) is 26.0 Å². The predicted octanol–water partition coefficient (Wildman–Crippen LogP) is 3.86. The molecular formula is C20H19ClN2O3. The van der Waals surface area contributed by atoms with Crippen LogP contribution in [0.15, 0.2) is 53.2 Å². The van der Waals surface area contributed by atoms with Crippen LogP contribution in [0.25, 0.3) is 6.08 Å². The minimum absolute atomic E-state index is 0.203. The van der Waals surface area contributed by atoms with E-state index in [1.54, 1.807) is 32.4 Å². The summed E-state index contributed by atoms with van der Waals surface area (Å²) in [5.41, 5.74) is 2.34. The molecule has 0 unspecified atom stereocenters. The number of nitrogens with zero attached hydrogens (tertiary/aromatic N) is 1. The fourth-order valence-electron chi connectivity index (χ4n) is 2.65. The molecule has 134 valence electrons. The highest BCUT2D eigenvalue weighted by atomic mass is 35.5. The van der Waals surface area contributed by atoms with E-state index in [1.165, 1.54) is 0 Å². The molecule has 2 aromatic rings. The van der Waals surface area contributed by atoms with E-state index in [4.69, 9.17) is 21.1 Å². The van der Waals surface area contributed by atoms with Gasteiger partial charge in [-0.15, -0.1) is 0 Å². The third-order valence-electron chi connectivity index (χ3n) is 4.02. The lowest BCUT2D eigenvalue weighted by atomic mass is 10.1. The fourth-order valence-corrected chi connectivity index (χ4v) is 2.78. The highest BCUT2D eigenvalue weighted by Gasteiger charge is 2.19. The normalized spacial score (nSPS) is 15.0. The molecule has 3 rings (SSSR count). The number of rotatable bonds is 6. The molecule has 0 saturated carbocycles. The highest BCUT2D eigenvalue weighted by molar-refractivity contribution is 6.30. The number of carbonyl (C=O) groups excluding carboxylic acids is 1. The minimum atomic E-state index is -0.203. The van der Waals surface area contributed by atoms with Gasteiger partial charge in [0, 0.05) is 11.4 Å². The van der Waals surface area contributed by atoms with Crippen molar-refractivity contribution in [1.82, 2.24) is 5.32 Å². The summed E-state index contributed by atoms with van der Waals surface area (Å²) in [6.07, 6.45) is 3.16. The standard InChI is InChI=1S/C20H19ClN2O3/c1-25-17-9-5-14(12-18(17)26-2)11-16-20(24)23-19(22-16)10-6-13-3-7-15(21)8-4-13/h3-5,7-9,11-12H,6,10H2,1-2H3,(H,22,23,24)/b16-11+. The number of hydrogen-bond donors (Lipinski definition) is 1. The lowest BCUT2D eigenvalue weighted by Gasteiger charge is -2.07. The van der Waals surface area contributed by atoms with E-state index < -0.39 is 0 Å². The first-order valence-electron chi connectivity index (χ1n) is 8.16. The number of nitrogens with one attached hydrogen (secondary N) is 1. The van der Waals surface area contributed by atoms with Gasteiger partial charge in [-0.3, -0.25) is 4.79 Å². The number of aryl methyl sites for hydroxylation is 1. The van der Waals surface area contributed by atoms with Crippen molar-refractivity contribution in [1.29, 1.82) is 0 Å². The second-order valence-corrected chi connectivity index (χ2v) is 6.22. The second kappa shape index (κ2) is 8.06. The molecule has 0 fully saturated rings. The van der Waals surface area contributed by atoms with Gasteiger partial charge in [-0.25, -0.2) is 4.99 Å². The van der Waals surface area contributed by atoms with Crippen molar-refractivity contribution in [2.45, 2.75) is 12.8 Å². The molecule has 2 aromatic carbocycles. The van der Waals surface area contributed by atoms with Crippen LogP contribution in [0.3, 0.4) is 0 Å². The largest absolute Gasteiger partial charge is 0.493 e. The van der Waals surface area contributed by atoms with Crippen molar-refractivity contribution in [3.8, 4) is 11.5 Å². The molecule has 0 radical (unpaired) electrons. The molecule has 0 bridgehead atoms. The molecule has 0 saturated heterocycles. The van der Waals surface area contributed by atoms with Crippen LogP contribution in [0.2, 0.25) is 5.02 Å². The van der Waals surface area contributed by atoms with Gasteiger partial charge in [0.2, 0.25) is 0 Å². The van der Waals surface area contributed by atoms with Gasteiger partial charge in [0.1, 0.15) is 11.5 Å². The molecule has 1 aliphatic rings. The third kappa shape index (κ3) is 4.24. The minimum Gasteiger partial charge on any atom is -0.493 e. The Kier molecular flexibility index (Phi) is 5.58. The van der Waals surface area contributed by atoms with Crippen LogP contribution >= 0.6 is 11.6 Å². The van der Waals surface area contributed by atoms with Crippen molar-refractivity contribution in [3.63, 3.8) is 0 Å². The molecule has 1 heterocycles. The topological polar surface area (TPSA) is 59.9 Å². The van der Waals surface area contributed by atoms with Crippen LogP contribution in [0.1, 0.15) is 17.5 Å². The van der Waals surface area contributed by atoms with E-state index in [0.29, 0.717) is 34.5 Å². The first kappa shape index (κ1) is 18.0. The van der Waals surface area contributed by atoms with Crippen molar-refractivity contribution >= 4 is 29.4 Å². The quantitative estimate of drug-likeness (QED) is 0.785. The van der Waals surface area contributed by atoms with Gasteiger partial charge < -0.3 is 14.8 Å². The number of methoxy groups -OCH3 is 2. The molecule has 1 amide bonds. The smallest absolute Gasteiger partial charge is 0.275 e. The third-order valence-corrected chi connectivity index (χ3v) is 4.27. The Labute approximate surface area is 157 Å². The maximum Gasteiger partial charge on any atom is 0.275 e. The lowest BCUT2D eigenvalue weighted by Crippen LogP contribution is -2.24. The number of ether oxygens (including phenoxy) is 2. The number of benzene rings is 2. The first-order valence-corrected chi connectivity index (χ1v) is 8.54. The Hall–Kier alpha value is -2.79. The van der Waals surface area contributed by atoms with Crippen LogP contribution in [0.5, 0.6) is 11.5 Å². The summed E-state index contributed by atoms with van der Waals surface area (Å²) in [5.74, 6) is 1.70. The molecular weight excluding hydrogens is 352 g/mol. The average Bonchev–Trinajstić information content (AvgIpc) is 3.00. The first-order chi connectivity index (χ1) is 12.6. The van der Waals surface area contributed by atoms with Gasteiger partial charge >= 0.3 is 0 Å². The van der Waals surface area contributed by atoms with E-state index in [1.807, 2.05) is 30.3 Å². The van der Waals surface area contributed by atoms with Crippen molar-refractivity contribution < 1.29 is 14.3 Å². The zero-order valence-electron chi connectivity index (χ0n) is 14.6. The zero-order chi connectivity index (χ0) is 18.5. The number of aliphatic imine (C=N–C) groups is 1. The number of amidine groups is 1. The zero-order valence-corrected chi connectivity index (χ0v) is 15.3. The van der Waals surface area contributed by atoms with Gasteiger partial charge in [0.15, 0.2) is 11.5 Å². The molecule has 5 nitrogen and oxygen atoms in total. The van der Waals surface area contributed by atoms with E-state index in [2.05, 4.69) is 10.3 Å². The van der Waals surface area contributed by atoms with Crippen molar-refractivity contribution in [3.05, 3.63) is 64.3 Å². The molecule has 0 spiro atoms. The summed E-state index contributed by atoms with van der Waals surface area (Å²) in [5, 5.41) is 3.53. The van der Waals surface area contributed by atoms with Gasteiger partial charge in [0.25, 0.3) is 5.91 Å². The lowest BCUT2D eigenvalue weighted by molar-refractivity contribution is -0.115. The average molecular weight is 371 g/mol. The molecule has 0 aromatic heterocycles. The van der Waals surface area contributed by atoms with E-state index in [0.717, 1.165) is 17.5 Å². The number of halogens is 1. The van der Waals surface area contributed by atoms with Gasteiger partial charge in [-0.1, -0.05) is 29.8 Å². The number of hydrogen-bond acceptors (Lipinski definition) is 4. The molecule has 6 heteroatoms. The summed E-state index contributed by atoms with van der Waals surface area (Å²) in [7, 11) is 3.15. The summed E-state index contributed by atoms with van der Waals surface area (Å²) >= 11 is 5.89. The SMILES string of the molecule is COc1ccc(/C=C2/N=C(CCc3ccc(Cl)cc3)NC2=O)cc1OC. The fraction of sp³-hybridized carbons (Fsp3) is 0.200. The maximum absolute atomic E-state index is 12.2. The van der Waals surface area contributed by atoms with E-state index in [-0.39, 0.29) is 5.91 Å². The van der Waals surface area contributed by atoms with Gasteiger partial charge in [0.05, 0.1) is 14.2 Å². The number of amides is 1. The molecule has 0 atom stereocenters. The molecule has 1 aliphatic heterocycles. The van der Waals surface area contributed by atoms with E-state index >= 15 is 0 Å². The predicted molar refractivity (Wildman–Crippen MR) is 103 cm³/mol. The maximum atomic E-state index is 12.2. The molecule has 1 N–H and O–H groups in total. The van der Waals surface area contributed by atoms with E-state index in [9.17, 15) is 4.79 Å². The summed E-state index contributed by atoms with van der Waals surface area (Å²) < 4.78 is 10.5. The monoisotopic (exact) mass is 370 g/mol. The van der Waals surface area contributed by atoms with Crippen LogP contribution < -0.4 is 14.8 Å². The van der Waals surface area contributed by atoms with Crippen LogP contribution in [0, 0.1) is 0 Å². The second-order valence-electron chi connectivity index (χ2n) is 5.78. The Morgan fingerprint density at radius 2 is 1.77 bits per heavy atom. The Bertz CT molecular complexity index is 873. The van der Waals surface area contributed by atoms with Gasteiger partial charge in [-0.2, -0.15) is 0 Å². The summed E-state index contributed by atoms with van der Waals surface area (Å²) in [4.78, 5) is 16.6. The highest BCUT2D eigenvalue weighted by Crippen LogP contribution is 2.28. The van der Waals surface area contributed by atoms with Crippen molar-refractivity contribution in [2.24, 2.45) is 4.99 Å². The summed E-state index contributed by atoms with van der Waals surface area (Å²) in [6, 6.07) is 13.1.